The standard InChI is InChI=1S/C6H13N3O/c1-2-5-8(4-1)9-6-3-7-10-9/h7H,1-6H2. The zero-order valence-electron chi connectivity index (χ0n) is 6.05. The van der Waals surface area contributed by atoms with Crippen LogP contribution < -0.4 is 5.48 Å². The second-order valence-corrected chi connectivity index (χ2v) is 2.72. The van der Waals surface area contributed by atoms with E-state index in [9.17, 15) is 0 Å². The van der Waals surface area contributed by atoms with Gasteiger partial charge in [0.15, 0.2) is 0 Å². The maximum atomic E-state index is 5.15. The van der Waals surface area contributed by atoms with Crippen LogP contribution in [0.3, 0.4) is 0 Å². The molecule has 0 radical (unpaired) electrons. The molecule has 0 spiro atoms. The molecule has 0 unspecified atom stereocenters. The van der Waals surface area contributed by atoms with Crippen LogP contribution in [0.25, 0.3) is 0 Å². The molecule has 0 aliphatic carbocycles. The Morgan fingerprint density at radius 2 is 1.90 bits per heavy atom. The summed E-state index contributed by atoms with van der Waals surface area (Å²) >= 11 is 0. The molecule has 2 rings (SSSR count). The van der Waals surface area contributed by atoms with Gasteiger partial charge in [0.25, 0.3) is 0 Å². The highest BCUT2D eigenvalue weighted by Crippen LogP contribution is 2.11. The molecule has 58 valence electrons. The SMILES string of the molecule is C1CCN(N2CCNO2)C1. The van der Waals surface area contributed by atoms with Crippen molar-refractivity contribution in [2.24, 2.45) is 0 Å². The van der Waals surface area contributed by atoms with Crippen LogP contribution in [0.15, 0.2) is 0 Å². The number of nitrogens with zero attached hydrogens (tertiary/aromatic N) is 2. The average molecular weight is 143 g/mol. The molecule has 0 aromatic carbocycles. The summed E-state index contributed by atoms with van der Waals surface area (Å²) in [5.74, 6) is 0. The fourth-order valence-corrected chi connectivity index (χ4v) is 1.43. The van der Waals surface area contributed by atoms with Crippen molar-refractivity contribution >= 4 is 0 Å². The fraction of sp³-hybridized carbons (Fsp3) is 1.00. The quantitative estimate of drug-likeness (QED) is 0.547. The van der Waals surface area contributed by atoms with E-state index in [1.807, 2.05) is 5.17 Å². The third-order valence-corrected chi connectivity index (χ3v) is 1.97. The Morgan fingerprint density at radius 3 is 2.50 bits per heavy atom. The van der Waals surface area contributed by atoms with Gasteiger partial charge in [-0.25, -0.2) is 5.01 Å². The molecule has 0 atom stereocenters. The fourth-order valence-electron chi connectivity index (χ4n) is 1.43. The minimum Gasteiger partial charge on any atom is -0.217 e. The lowest BCUT2D eigenvalue weighted by atomic mass is 10.4. The van der Waals surface area contributed by atoms with E-state index in [1.165, 1.54) is 12.8 Å². The van der Waals surface area contributed by atoms with Crippen LogP contribution in [0.4, 0.5) is 0 Å². The lowest BCUT2D eigenvalue weighted by molar-refractivity contribution is -0.271. The molecule has 0 aromatic heterocycles. The highest BCUT2D eigenvalue weighted by atomic mass is 16.8. The first-order valence-corrected chi connectivity index (χ1v) is 3.89. The lowest BCUT2D eigenvalue weighted by Crippen LogP contribution is -2.38. The minimum atomic E-state index is 0.941. The Morgan fingerprint density at radius 1 is 1.10 bits per heavy atom. The number of hydrogen-bond donors (Lipinski definition) is 1. The van der Waals surface area contributed by atoms with Gasteiger partial charge in [-0.2, -0.15) is 10.4 Å². The van der Waals surface area contributed by atoms with Crippen molar-refractivity contribution in [1.82, 2.24) is 15.7 Å². The molecule has 10 heavy (non-hydrogen) atoms. The van der Waals surface area contributed by atoms with E-state index in [-0.39, 0.29) is 0 Å². The van der Waals surface area contributed by atoms with Crippen molar-refractivity contribution in [1.29, 1.82) is 0 Å². The van der Waals surface area contributed by atoms with Crippen LogP contribution in [0.1, 0.15) is 12.8 Å². The number of hydroxylamine groups is 2. The molecule has 0 saturated carbocycles. The molecule has 4 heteroatoms. The van der Waals surface area contributed by atoms with E-state index in [4.69, 9.17) is 4.94 Å². The van der Waals surface area contributed by atoms with Gasteiger partial charge in [0.1, 0.15) is 0 Å². The monoisotopic (exact) mass is 143 g/mol. The summed E-state index contributed by atoms with van der Waals surface area (Å²) in [5, 5.41) is 4.17. The molecule has 1 N–H and O–H groups in total. The van der Waals surface area contributed by atoms with Gasteiger partial charge in [-0.05, 0) is 12.8 Å². The topological polar surface area (TPSA) is 27.7 Å². The van der Waals surface area contributed by atoms with E-state index < -0.39 is 0 Å². The molecular weight excluding hydrogens is 130 g/mol. The third kappa shape index (κ3) is 1.15. The molecular formula is C6H13N3O. The van der Waals surface area contributed by atoms with Gasteiger partial charge in [-0.15, -0.1) is 0 Å². The lowest BCUT2D eigenvalue weighted by Gasteiger charge is -2.23. The van der Waals surface area contributed by atoms with Crippen molar-refractivity contribution < 1.29 is 4.94 Å². The van der Waals surface area contributed by atoms with Gasteiger partial charge in [-0.3, -0.25) is 0 Å². The van der Waals surface area contributed by atoms with Gasteiger partial charge >= 0.3 is 0 Å². The van der Waals surface area contributed by atoms with Crippen LogP contribution in [0.5, 0.6) is 0 Å². The van der Waals surface area contributed by atoms with Crippen molar-refractivity contribution in [3.05, 3.63) is 0 Å². The van der Waals surface area contributed by atoms with Crippen LogP contribution in [0.2, 0.25) is 0 Å². The molecule has 2 aliphatic heterocycles. The number of rotatable bonds is 1. The van der Waals surface area contributed by atoms with Crippen LogP contribution in [0, 0.1) is 0 Å². The maximum Gasteiger partial charge on any atom is 0.0572 e. The molecule has 2 aliphatic rings. The Balaban J connectivity index is 1.85. The first-order chi connectivity index (χ1) is 4.97. The van der Waals surface area contributed by atoms with Crippen molar-refractivity contribution in [2.45, 2.75) is 12.8 Å². The molecule has 0 bridgehead atoms. The van der Waals surface area contributed by atoms with Crippen molar-refractivity contribution in [3.63, 3.8) is 0 Å². The van der Waals surface area contributed by atoms with E-state index >= 15 is 0 Å². The first kappa shape index (κ1) is 6.54. The van der Waals surface area contributed by atoms with E-state index in [0.717, 1.165) is 26.2 Å². The van der Waals surface area contributed by atoms with Gasteiger partial charge in [0, 0.05) is 19.6 Å². The first-order valence-electron chi connectivity index (χ1n) is 3.89. The zero-order valence-corrected chi connectivity index (χ0v) is 6.05. The highest BCUT2D eigenvalue weighted by Gasteiger charge is 2.23. The molecule has 0 aromatic rings. The largest absolute Gasteiger partial charge is 0.217 e. The summed E-state index contributed by atoms with van der Waals surface area (Å²) in [5.41, 5.74) is 2.83. The molecule has 2 fully saturated rings. The average Bonchev–Trinajstić information content (AvgIpc) is 2.59. The summed E-state index contributed by atoms with van der Waals surface area (Å²) in [6, 6.07) is 0. The Bertz CT molecular complexity index is 93.6. The van der Waals surface area contributed by atoms with Crippen LogP contribution in [-0.4, -0.2) is 36.4 Å². The molecule has 2 heterocycles. The molecule has 0 amide bonds. The van der Waals surface area contributed by atoms with Crippen LogP contribution >= 0.6 is 0 Å². The van der Waals surface area contributed by atoms with Gasteiger partial charge in [0.05, 0.1) is 6.54 Å². The predicted octanol–water partition coefficient (Wildman–Crippen LogP) is -0.251. The smallest absolute Gasteiger partial charge is 0.0572 e. The third-order valence-electron chi connectivity index (χ3n) is 1.97. The zero-order chi connectivity index (χ0) is 6.81. The summed E-state index contributed by atoms with van der Waals surface area (Å²) in [4.78, 5) is 5.15. The van der Waals surface area contributed by atoms with Crippen LogP contribution in [-0.2, 0) is 4.94 Å². The molecule has 2 saturated heterocycles. The second-order valence-electron chi connectivity index (χ2n) is 2.72. The van der Waals surface area contributed by atoms with E-state index in [0.29, 0.717) is 0 Å². The maximum absolute atomic E-state index is 5.15. The second kappa shape index (κ2) is 2.84. The summed E-state index contributed by atoms with van der Waals surface area (Å²) in [7, 11) is 0. The minimum absolute atomic E-state index is 0.941. The predicted molar refractivity (Wildman–Crippen MR) is 36.6 cm³/mol. The summed E-state index contributed by atoms with van der Waals surface area (Å²) in [6.07, 6.45) is 2.61. The van der Waals surface area contributed by atoms with Gasteiger partial charge in [0.2, 0.25) is 0 Å². The summed E-state index contributed by atoms with van der Waals surface area (Å²) in [6.45, 7) is 4.24. The van der Waals surface area contributed by atoms with E-state index in [1.54, 1.807) is 0 Å². The normalized spacial score (nSPS) is 30.0. The molecule has 4 nitrogen and oxygen atoms in total. The summed E-state index contributed by atoms with van der Waals surface area (Å²) < 4.78 is 0. The number of nitrogens with one attached hydrogen (secondary N) is 1. The Kier molecular flexibility index (Phi) is 1.86. The van der Waals surface area contributed by atoms with Crippen molar-refractivity contribution in [2.75, 3.05) is 26.2 Å². The number of hydrazine groups is 1. The van der Waals surface area contributed by atoms with Crippen molar-refractivity contribution in [3.8, 4) is 0 Å². The van der Waals surface area contributed by atoms with E-state index in [2.05, 4.69) is 10.5 Å². The Hall–Kier alpha value is -0.160. The highest BCUT2D eigenvalue weighted by molar-refractivity contribution is 4.62. The number of hydrogen-bond acceptors (Lipinski definition) is 4. The Labute approximate surface area is 60.6 Å². The van der Waals surface area contributed by atoms with Gasteiger partial charge < -0.3 is 0 Å². The van der Waals surface area contributed by atoms with Gasteiger partial charge in [-0.1, -0.05) is 5.17 Å².